The standard InChI is InChI=1S/C12H23NO4S/c1-10(2)18(16,17)13-9-12(11(14)15)7-5-3-4-6-8-12/h10,13H,3-9H2,1-2H3,(H,14,15). The third kappa shape index (κ3) is 3.68. The normalized spacial score (nSPS) is 20.6. The number of nitrogens with one attached hydrogen (secondary N) is 1. The summed E-state index contributed by atoms with van der Waals surface area (Å²) in [6.07, 6.45) is 4.90. The lowest BCUT2D eigenvalue weighted by Crippen LogP contribution is -2.44. The molecule has 0 aromatic carbocycles. The Bertz CT molecular complexity index is 381. The first-order chi connectivity index (χ1) is 8.30. The van der Waals surface area contributed by atoms with E-state index in [1.165, 1.54) is 0 Å². The number of carboxylic acid groups (broad SMARTS) is 1. The SMILES string of the molecule is CC(C)S(=O)(=O)NCC1(C(=O)O)CCCCCC1. The molecule has 0 heterocycles. The third-order valence-electron chi connectivity index (χ3n) is 3.75. The Morgan fingerprint density at radius 3 is 2.11 bits per heavy atom. The summed E-state index contributed by atoms with van der Waals surface area (Å²) >= 11 is 0. The first kappa shape index (κ1) is 15.4. The average molecular weight is 277 g/mol. The molecule has 1 aliphatic carbocycles. The minimum atomic E-state index is -3.39. The van der Waals surface area contributed by atoms with Crippen LogP contribution in [0.1, 0.15) is 52.4 Å². The van der Waals surface area contributed by atoms with Crippen LogP contribution in [0.2, 0.25) is 0 Å². The van der Waals surface area contributed by atoms with Crippen LogP contribution < -0.4 is 4.72 Å². The van der Waals surface area contributed by atoms with Gasteiger partial charge in [-0.15, -0.1) is 0 Å². The van der Waals surface area contributed by atoms with Gasteiger partial charge in [-0.3, -0.25) is 4.79 Å². The van der Waals surface area contributed by atoms with Crippen molar-refractivity contribution in [1.29, 1.82) is 0 Å². The molecule has 0 aromatic rings. The van der Waals surface area contributed by atoms with E-state index in [4.69, 9.17) is 0 Å². The Hall–Kier alpha value is -0.620. The fourth-order valence-corrected chi connectivity index (χ4v) is 3.09. The minimum absolute atomic E-state index is 0.0167. The highest BCUT2D eigenvalue weighted by molar-refractivity contribution is 7.90. The molecular weight excluding hydrogens is 254 g/mol. The molecule has 18 heavy (non-hydrogen) atoms. The van der Waals surface area contributed by atoms with Gasteiger partial charge in [-0.2, -0.15) is 0 Å². The van der Waals surface area contributed by atoms with Crippen LogP contribution in [0.4, 0.5) is 0 Å². The van der Waals surface area contributed by atoms with E-state index in [-0.39, 0.29) is 6.54 Å². The van der Waals surface area contributed by atoms with Gasteiger partial charge in [-0.1, -0.05) is 25.7 Å². The van der Waals surface area contributed by atoms with Gasteiger partial charge in [0.15, 0.2) is 0 Å². The third-order valence-corrected chi connectivity index (χ3v) is 5.53. The van der Waals surface area contributed by atoms with Gasteiger partial charge in [0.05, 0.1) is 10.7 Å². The predicted octanol–water partition coefficient (Wildman–Crippen LogP) is 1.74. The van der Waals surface area contributed by atoms with Crippen LogP contribution in [0.25, 0.3) is 0 Å². The van der Waals surface area contributed by atoms with E-state index in [2.05, 4.69) is 4.72 Å². The van der Waals surface area contributed by atoms with Crippen molar-refractivity contribution in [3.63, 3.8) is 0 Å². The second-order valence-electron chi connectivity index (χ2n) is 5.41. The first-order valence-electron chi connectivity index (χ1n) is 6.52. The van der Waals surface area contributed by atoms with Gasteiger partial charge in [0.2, 0.25) is 10.0 Å². The number of carbonyl (C=O) groups is 1. The van der Waals surface area contributed by atoms with Crippen LogP contribution in [0, 0.1) is 5.41 Å². The Kier molecular flexibility index (Phi) is 5.16. The van der Waals surface area contributed by atoms with Crippen molar-refractivity contribution in [3.8, 4) is 0 Å². The van der Waals surface area contributed by atoms with Crippen molar-refractivity contribution in [3.05, 3.63) is 0 Å². The molecular formula is C12H23NO4S. The van der Waals surface area contributed by atoms with Crippen molar-refractivity contribution in [1.82, 2.24) is 4.72 Å². The molecule has 0 bridgehead atoms. The van der Waals surface area contributed by atoms with Gasteiger partial charge in [0.1, 0.15) is 0 Å². The van der Waals surface area contributed by atoms with Gasteiger partial charge in [-0.05, 0) is 26.7 Å². The van der Waals surface area contributed by atoms with Crippen molar-refractivity contribution in [2.75, 3.05) is 6.54 Å². The quantitative estimate of drug-likeness (QED) is 0.750. The van der Waals surface area contributed by atoms with Gasteiger partial charge < -0.3 is 5.11 Å². The molecule has 0 saturated heterocycles. The summed E-state index contributed by atoms with van der Waals surface area (Å²) in [5, 5.41) is 8.88. The van der Waals surface area contributed by atoms with E-state index in [0.717, 1.165) is 25.7 Å². The second kappa shape index (κ2) is 6.02. The number of aliphatic carboxylic acids is 1. The van der Waals surface area contributed by atoms with E-state index in [9.17, 15) is 18.3 Å². The van der Waals surface area contributed by atoms with Crippen LogP contribution in [-0.4, -0.2) is 31.3 Å². The molecule has 1 fully saturated rings. The zero-order valence-corrected chi connectivity index (χ0v) is 11.9. The van der Waals surface area contributed by atoms with E-state index < -0.39 is 26.7 Å². The van der Waals surface area contributed by atoms with E-state index in [0.29, 0.717) is 12.8 Å². The van der Waals surface area contributed by atoms with Crippen LogP contribution in [-0.2, 0) is 14.8 Å². The molecule has 0 aromatic heterocycles. The second-order valence-corrected chi connectivity index (χ2v) is 7.74. The van der Waals surface area contributed by atoms with Crippen LogP contribution in [0.15, 0.2) is 0 Å². The maximum absolute atomic E-state index is 11.7. The van der Waals surface area contributed by atoms with E-state index in [1.807, 2.05) is 0 Å². The number of hydrogen-bond acceptors (Lipinski definition) is 3. The fraction of sp³-hybridized carbons (Fsp3) is 0.917. The Balaban J connectivity index is 2.77. The smallest absolute Gasteiger partial charge is 0.310 e. The highest BCUT2D eigenvalue weighted by Crippen LogP contribution is 2.35. The molecule has 2 N–H and O–H groups in total. The maximum atomic E-state index is 11.7. The van der Waals surface area contributed by atoms with Gasteiger partial charge >= 0.3 is 5.97 Å². The molecule has 5 nitrogen and oxygen atoms in total. The molecule has 0 radical (unpaired) electrons. The highest BCUT2D eigenvalue weighted by Gasteiger charge is 2.39. The zero-order valence-electron chi connectivity index (χ0n) is 11.1. The molecule has 0 spiro atoms. The number of hydrogen-bond donors (Lipinski definition) is 2. The molecule has 6 heteroatoms. The van der Waals surface area contributed by atoms with Crippen molar-refractivity contribution >= 4 is 16.0 Å². The Labute approximate surface area is 109 Å². The number of rotatable bonds is 5. The minimum Gasteiger partial charge on any atom is -0.481 e. The molecule has 0 amide bonds. The number of carboxylic acids is 1. The largest absolute Gasteiger partial charge is 0.481 e. The molecule has 0 aliphatic heterocycles. The predicted molar refractivity (Wildman–Crippen MR) is 69.8 cm³/mol. The lowest BCUT2D eigenvalue weighted by atomic mass is 9.80. The van der Waals surface area contributed by atoms with E-state index >= 15 is 0 Å². The number of sulfonamides is 1. The molecule has 0 atom stereocenters. The lowest BCUT2D eigenvalue weighted by Gasteiger charge is -2.28. The Morgan fingerprint density at radius 2 is 1.72 bits per heavy atom. The molecule has 1 rings (SSSR count). The van der Waals surface area contributed by atoms with Gasteiger partial charge in [-0.25, -0.2) is 13.1 Å². The molecule has 1 saturated carbocycles. The zero-order chi connectivity index (χ0) is 13.8. The topological polar surface area (TPSA) is 83.5 Å². The average Bonchev–Trinajstić information content (AvgIpc) is 2.52. The highest BCUT2D eigenvalue weighted by atomic mass is 32.2. The van der Waals surface area contributed by atoms with Crippen LogP contribution >= 0.6 is 0 Å². The first-order valence-corrected chi connectivity index (χ1v) is 8.07. The van der Waals surface area contributed by atoms with Crippen molar-refractivity contribution in [2.24, 2.45) is 5.41 Å². The van der Waals surface area contributed by atoms with Gasteiger partial charge in [0, 0.05) is 6.54 Å². The van der Waals surface area contributed by atoms with E-state index in [1.54, 1.807) is 13.8 Å². The molecule has 106 valence electrons. The summed E-state index contributed by atoms with van der Waals surface area (Å²) in [7, 11) is -3.39. The van der Waals surface area contributed by atoms with Gasteiger partial charge in [0.25, 0.3) is 0 Å². The summed E-state index contributed by atoms with van der Waals surface area (Å²) < 4.78 is 25.9. The maximum Gasteiger partial charge on any atom is 0.310 e. The lowest BCUT2D eigenvalue weighted by molar-refractivity contribution is -0.149. The Morgan fingerprint density at radius 1 is 1.22 bits per heavy atom. The summed E-state index contributed by atoms with van der Waals surface area (Å²) in [5.74, 6) is -0.879. The summed E-state index contributed by atoms with van der Waals surface area (Å²) in [6.45, 7) is 3.19. The molecule has 0 unspecified atom stereocenters. The fourth-order valence-electron chi connectivity index (χ4n) is 2.28. The monoisotopic (exact) mass is 277 g/mol. The molecule has 1 aliphatic rings. The summed E-state index contributed by atoms with van der Waals surface area (Å²) in [6, 6.07) is 0. The van der Waals surface area contributed by atoms with Crippen molar-refractivity contribution < 1.29 is 18.3 Å². The van der Waals surface area contributed by atoms with Crippen molar-refractivity contribution in [2.45, 2.75) is 57.6 Å². The van der Waals surface area contributed by atoms with Crippen LogP contribution in [0.3, 0.4) is 0 Å². The summed E-state index contributed by atoms with van der Waals surface area (Å²) in [5.41, 5.74) is -0.918. The summed E-state index contributed by atoms with van der Waals surface area (Å²) in [4.78, 5) is 11.5. The van der Waals surface area contributed by atoms with Crippen LogP contribution in [0.5, 0.6) is 0 Å².